The SMILES string of the molecule is COC1(CNCC(N)=NO)CCOC1. The Morgan fingerprint density at radius 3 is 3.07 bits per heavy atom. The molecule has 0 aromatic carbocycles. The Labute approximate surface area is 83.0 Å². The first kappa shape index (κ1) is 11.2. The third-order valence-corrected chi connectivity index (χ3v) is 2.38. The van der Waals surface area contributed by atoms with Gasteiger partial charge >= 0.3 is 0 Å². The summed E-state index contributed by atoms with van der Waals surface area (Å²) in [6.07, 6.45) is 0.868. The first-order valence-corrected chi connectivity index (χ1v) is 4.52. The van der Waals surface area contributed by atoms with Gasteiger partial charge in [-0.3, -0.25) is 0 Å². The molecule has 1 heterocycles. The van der Waals surface area contributed by atoms with E-state index in [-0.39, 0.29) is 11.4 Å². The van der Waals surface area contributed by atoms with Gasteiger partial charge in [0.05, 0.1) is 13.2 Å². The van der Waals surface area contributed by atoms with E-state index in [2.05, 4.69) is 10.5 Å². The lowest BCUT2D eigenvalue weighted by molar-refractivity contribution is -0.0149. The maximum absolute atomic E-state index is 8.32. The summed E-state index contributed by atoms with van der Waals surface area (Å²) in [4.78, 5) is 0. The second-order valence-electron chi connectivity index (χ2n) is 3.38. The average molecular weight is 203 g/mol. The number of nitrogens with two attached hydrogens (primary N) is 1. The van der Waals surface area contributed by atoms with Crippen LogP contribution in [0.2, 0.25) is 0 Å². The summed E-state index contributed by atoms with van der Waals surface area (Å²) in [5.41, 5.74) is 5.05. The lowest BCUT2D eigenvalue weighted by Crippen LogP contribution is -2.45. The minimum atomic E-state index is -0.254. The highest BCUT2D eigenvalue weighted by Gasteiger charge is 2.34. The molecule has 0 radical (unpaired) electrons. The van der Waals surface area contributed by atoms with Crippen molar-refractivity contribution in [2.24, 2.45) is 10.9 Å². The van der Waals surface area contributed by atoms with Gasteiger partial charge in [-0.1, -0.05) is 5.16 Å². The van der Waals surface area contributed by atoms with E-state index in [4.69, 9.17) is 20.4 Å². The maximum Gasteiger partial charge on any atom is 0.153 e. The molecule has 14 heavy (non-hydrogen) atoms. The number of amidine groups is 1. The van der Waals surface area contributed by atoms with Gasteiger partial charge < -0.3 is 25.7 Å². The van der Waals surface area contributed by atoms with Crippen LogP contribution in [0.15, 0.2) is 5.16 Å². The van der Waals surface area contributed by atoms with Gasteiger partial charge in [0.25, 0.3) is 0 Å². The highest BCUT2D eigenvalue weighted by Crippen LogP contribution is 2.21. The number of ether oxygens (including phenoxy) is 2. The molecule has 0 bridgehead atoms. The third kappa shape index (κ3) is 2.83. The molecule has 1 atom stereocenters. The first-order chi connectivity index (χ1) is 6.72. The molecule has 0 aromatic heterocycles. The van der Waals surface area contributed by atoms with Crippen LogP contribution in [0.4, 0.5) is 0 Å². The lowest BCUT2D eigenvalue weighted by Gasteiger charge is -2.25. The second-order valence-corrected chi connectivity index (χ2v) is 3.38. The molecule has 82 valence electrons. The van der Waals surface area contributed by atoms with E-state index < -0.39 is 0 Å². The molecular weight excluding hydrogens is 186 g/mol. The van der Waals surface area contributed by atoms with Crippen molar-refractivity contribution < 1.29 is 14.7 Å². The van der Waals surface area contributed by atoms with E-state index >= 15 is 0 Å². The maximum atomic E-state index is 8.32. The molecule has 1 aliphatic rings. The van der Waals surface area contributed by atoms with Gasteiger partial charge in [-0.15, -0.1) is 0 Å². The highest BCUT2D eigenvalue weighted by atomic mass is 16.5. The zero-order chi connectivity index (χ0) is 10.4. The summed E-state index contributed by atoms with van der Waals surface area (Å²) in [6, 6.07) is 0. The van der Waals surface area contributed by atoms with Gasteiger partial charge in [-0.25, -0.2) is 0 Å². The van der Waals surface area contributed by atoms with Crippen molar-refractivity contribution in [1.82, 2.24) is 5.32 Å². The van der Waals surface area contributed by atoms with Crippen LogP contribution in [-0.2, 0) is 9.47 Å². The zero-order valence-corrected chi connectivity index (χ0v) is 8.32. The van der Waals surface area contributed by atoms with Crippen LogP contribution in [0.1, 0.15) is 6.42 Å². The summed E-state index contributed by atoms with van der Waals surface area (Å²) in [5, 5.41) is 14.2. The minimum absolute atomic E-state index is 0.162. The Bertz CT molecular complexity index is 202. The molecule has 6 nitrogen and oxygen atoms in total. The lowest BCUT2D eigenvalue weighted by atomic mass is 10.0. The molecule has 1 saturated heterocycles. The fourth-order valence-electron chi connectivity index (χ4n) is 1.41. The van der Waals surface area contributed by atoms with Crippen molar-refractivity contribution in [1.29, 1.82) is 0 Å². The summed E-state index contributed by atoms with van der Waals surface area (Å²) in [7, 11) is 1.67. The smallest absolute Gasteiger partial charge is 0.153 e. The number of hydrogen-bond donors (Lipinski definition) is 3. The summed E-state index contributed by atoms with van der Waals surface area (Å²) in [5.74, 6) is 0.162. The fraction of sp³-hybridized carbons (Fsp3) is 0.875. The molecule has 0 amide bonds. The number of nitrogens with zero attached hydrogens (tertiary/aromatic N) is 1. The zero-order valence-electron chi connectivity index (χ0n) is 8.32. The number of oxime groups is 1. The summed E-state index contributed by atoms with van der Waals surface area (Å²) in [6.45, 7) is 2.30. The Hall–Kier alpha value is -0.850. The van der Waals surface area contributed by atoms with E-state index in [1.165, 1.54) is 0 Å². The van der Waals surface area contributed by atoms with E-state index in [0.717, 1.165) is 13.0 Å². The Balaban J connectivity index is 2.28. The van der Waals surface area contributed by atoms with Crippen LogP contribution in [0.3, 0.4) is 0 Å². The summed E-state index contributed by atoms with van der Waals surface area (Å²) < 4.78 is 10.6. The largest absolute Gasteiger partial charge is 0.409 e. The molecule has 1 rings (SSSR count). The minimum Gasteiger partial charge on any atom is -0.409 e. The Morgan fingerprint density at radius 2 is 2.57 bits per heavy atom. The predicted molar refractivity (Wildman–Crippen MR) is 51.5 cm³/mol. The van der Waals surface area contributed by atoms with E-state index in [1.807, 2.05) is 0 Å². The average Bonchev–Trinajstić information content (AvgIpc) is 2.67. The molecule has 1 unspecified atom stereocenters. The molecule has 4 N–H and O–H groups in total. The second kappa shape index (κ2) is 5.14. The molecule has 6 heteroatoms. The number of rotatable bonds is 5. The van der Waals surface area contributed by atoms with Gasteiger partial charge in [0.1, 0.15) is 5.60 Å². The molecule has 0 aromatic rings. The molecule has 1 aliphatic heterocycles. The van der Waals surface area contributed by atoms with Crippen LogP contribution in [0.25, 0.3) is 0 Å². The van der Waals surface area contributed by atoms with E-state index in [9.17, 15) is 0 Å². The van der Waals surface area contributed by atoms with Crippen LogP contribution < -0.4 is 11.1 Å². The van der Waals surface area contributed by atoms with Crippen LogP contribution in [0.5, 0.6) is 0 Å². The van der Waals surface area contributed by atoms with Crippen LogP contribution >= 0.6 is 0 Å². The number of methoxy groups -OCH3 is 1. The number of hydrogen-bond acceptors (Lipinski definition) is 5. The van der Waals surface area contributed by atoms with Crippen molar-refractivity contribution in [2.45, 2.75) is 12.0 Å². The third-order valence-electron chi connectivity index (χ3n) is 2.38. The van der Waals surface area contributed by atoms with Gasteiger partial charge in [-0.05, 0) is 0 Å². The Morgan fingerprint density at radius 1 is 1.79 bits per heavy atom. The summed E-state index contributed by atoms with van der Waals surface area (Å²) >= 11 is 0. The van der Waals surface area contributed by atoms with Crippen LogP contribution in [0, 0.1) is 0 Å². The standard InChI is InChI=1S/C8H17N3O3/c1-13-8(2-3-14-6-8)5-10-4-7(9)11-12/h10,12H,2-6H2,1H3,(H2,9,11). The van der Waals surface area contributed by atoms with Gasteiger partial charge in [0.15, 0.2) is 5.84 Å². The van der Waals surface area contributed by atoms with E-state index in [1.54, 1.807) is 7.11 Å². The van der Waals surface area contributed by atoms with Gasteiger partial charge in [-0.2, -0.15) is 0 Å². The fourth-order valence-corrected chi connectivity index (χ4v) is 1.41. The first-order valence-electron chi connectivity index (χ1n) is 4.52. The topological polar surface area (TPSA) is 89.1 Å². The Kier molecular flexibility index (Phi) is 4.12. The normalized spacial score (nSPS) is 28.2. The molecule has 0 aliphatic carbocycles. The molecular formula is C8H17N3O3. The monoisotopic (exact) mass is 203 g/mol. The molecule has 1 fully saturated rings. The van der Waals surface area contributed by atoms with Crippen molar-refractivity contribution >= 4 is 5.84 Å². The van der Waals surface area contributed by atoms with Gasteiger partial charge in [0, 0.05) is 26.7 Å². The predicted octanol–water partition coefficient (Wildman–Crippen LogP) is -0.872. The molecule has 0 saturated carbocycles. The van der Waals surface area contributed by atoms with Crippen molar-refractivity contribution in [3.63, 3.8) is 0 Å². The van der Waals surface area contributed by atoms with Crippen molar-refractivity contribution in [2.75, 3.05) is 33.4 Å². The highest BCUT2D eigenvalue weighted by molar-refractivity contribution is 5.81. The van der Waals surface area contributed by atoms with Gasteiger partial charge in [0.2, 0.25) is 0 Å². The van der Waals surface area contributed by atoms with Crippen LogP contribution in [-0.4, -0.2) is 50.1 Å². The molecule has 0 spiro atoms. The van der Waals surface area contributed by atoms with Crippen molar-refractivity contribution in [3.8, 4) is 0 Å². The van der Waals surface area contributed by atoms with E-state index in [0.29, 0.717) is 19.7 Å². The quantitative estimate of drug-likeness (QED) is 0.234. The number of nitrogens with one attached hydrogen (secondary N) is 1. The van der Waals surface area contributed by atoms with Crippen molar-refractivity contribution in [3.05, 3.63) is 0 Å².